The van der Waals surface area contributed by atoms with Gasteiger partial charge in [-0.25, -0.2) is 0 Å². The molecule has 1 aliphatic heterocycles. The molecule has 0 aliphatic carbocycles. The van der Waals surface area contributed by atoms with Gasteiger partial charge in [-0.3, -0.25) is 4.79 Å². The Hall–Kier alpha value is -2.09. The lowest BCUT2D eigenvalue weighted by Gasteiger charge is -2.32. The number of amides is 1. The zero-order chi connectivity index (χ0) is 15.1. The molecular weight excluding hydrogens is 277 g/mol. The molecule has 1 aromatic carbocycles. The van der Waals surface area contributed by atoms with Crippen molar-refractivity contribution in [2.75, 3.05) is 0 Å². The molecule has 0 saturated heterocycles. The lowest BCUT2D eigenvalue weighted by atomic mass is 10.1. The molecule has 108 valence electrons. The summed E-state index contributed by atoms with van der Waals surface area (Å²) in [6, 6.07) is 4.80. The largest absolute Gasteiger partial charge is 0.508 e. The van der Waals surface area contributed by atoms with Gasteiger partial charge in [0.2, 0.25) is 0 Å². The molecule has 8 heteroatoms. The first-order chi connectivity index (χ1) is 9.15. The Kier molecular flexibility index (Phi) is 3.21. The van der Waals surface area contributed by atoms with Crippen LogP contribution in [0, 0.1) is 0 Å². The fourth-order valence-electron chi connectivity index (χ4n) is 1.92. The van der Waals surface area contributed by atoms with E-state index in [0.717, 1.165) is 6.07 Å². The number of phenols is 1. The summed E-state index contributed by atoms with van der Waals surface area (Å²) in [4.78, 5) is 12.1. The van der Waals surface area contributed by atoms with E-state index in [2.05, 4.69) is 5.10 Å². The van der Waals surface area contributed by atoms with Crippen LogP contribution < -0.4 is 0 Å². The number of aliphatic hydroxyl groups is 1. The van der Waals surface area contributed by atoms with E-state index in [1.165, 1.54) is 25.1 Å². The molecule has 2 rings (SSSR count). The van der Waals surface area contributed by atoms with Crippen LogP contribution in [-0.2, 0) is 0 Å². The minimum absolute atomic E-state index is 0.0110. The maximum absolute atomic E-state index is 13.0. The van der Waals surface area contributed by atoms with Crippen molar-refractivity contribution in [1.29, 1.82) is 0 Å². The third-order valence-electron chi connectivity index (χ3n) is 2.86. The van der Waals surface area contributed by atoms with Gasteiger partial charge >= 0.3 is 6.18 Å². The summed E-state index contributed by atoms with van der Waals surface area (Å²) >= 11 is 0. The fraction of sp³-hybridized carbons (Fsp3) is 0.333. The van der Waals surface area contributed by atoms with Gasteiger partial charge in [-0.05, 0) is 25.1 Å². The van der Waals surface area contributed by atoms with Crippen molar-refractivity contribution in [3.63, 3.8) is 0 Å². The van der Waals surface area contributed by atoms with Gasteiger partial charge in [0.25, 0.3) is 11.6 Å². The maximum atomic E-state index is 13.0. The summed E-state index contributed by atoms with van der Waals surface area (Å²) in [5.41, 5.74) is -3.58. The number of alkyl halides is 3. The molecule has 5 nitrogen and oxygen atoms in total. The Morgan fingerprint density at radius 3 is 2.65 bits per heavy atom. The molecule has 1 aliphatic rings. The SMILES string of the molecule is CC1=NN(C(=O)c2cccc(O)c2)C(O)(C(F)(F)F)C1. The predicted molar refractivity (Wildman–Crippen MR) is 63.0 cm³/mol. The number of hydrogen-bond acceptors (Lipinski definition) is 4. The molecule has 0 saturated carbocycles. The highest BCUT2D eigenvalue weighted by atomic mass is 19.4. The first-order valence-electron chi connectivity index (χ1n) is 5.62. The van der Waals surface area contributed by atoms with Gasteiger partial charge in [0.1, 0.15) is 5.75 Å². The van der Waals surface area contributed by atoms with Crippen molar-refractivity contribution in [1.82, 2.24) is 5.01 Å². The van der Waals surface area contributed by atoms with Crippen LogP contribution in [-0.4, -0.2) is 38.7 Å². The van der Waals surface area contributed by atoms with Crippen LogP contribution in [0.2, 0.25) is 0 Å². The van der Waals surface area contributed by atoms with E-state index < -0.39 is 24.2 Å². The minimum Gasteiger partial charge on any atom is -0.508 e. The Labute approximate surface area is 111 Å². The van der Waals surface area contributed by atoms with Crippen molar-refractivity contribution in [2.45, 2.75) is 25.2 Å². The van der Waals surface area contributed by atoms with Crippen molar-refractivity contribution in [3.05, 3.63) is 29.8 Å². The van der Waals surface area contributed by atoms with Gasteiger partial charge in [0.05, 0.1) is 0 Å². The summed E-state index contributed by atoms with van der Waals surface area (Å²) in [5.74, 6) is -1.41. The maximum Gasteiger partial charge on any atom is 0.438 e. The van der Waals surface area contributed by atoms with E-state index in [-0.39, 0.29) is 22.0 Å². The molecule has 1 aromatic rings. The van der Waals surface area contributed by atoms with Gasteiger partial charge in [-0.15, -0.1) is 0 Å². The second-order valence-corrected chi connectivity index (χ2v) is 4.49. The number of halogens is 3. The van der Waals surface area contributed by atoms with Gasteiger partial charge in [-0.1, -0.05) is 6.07 Å². The zero-order valence-corrected chi connectivity index (χ0v) is 10.3. The number of nitrogens with zero attached hydrogens (tertiary/aromatic N) is 2. The smallest absolute Gasteiger partial charge is 0.438 e. The third kappa shape index (κ3) is 2.22. The van der Waals surface area contributed by atoms with E-state index in [0.29, 0.717) is 0 Å². The van der Waals surface area contributed by atoms with Crippen LogP contribution in [0.5, 0.6) is 5.75 Å². The summed E-state index contributed by atoms with van der Waals surface area (Å²) < 4.78 is 38.9. The first-order valence-corrected chi connectivity index (χ1v) is 5.62. The van der Waals surface area contributed by atoms with Crippen molar-refractivity contribution in [2.24, 2.45) is 5.10 Å². The summed E-state index contributed by atoms with van der Waals surface area (Å²) in [5, 5.41) is 22.5. The Bertz CT molecular complexity index is 586. The Balaban J connectivity index is 2.42. The highest BCUT2D eigenvalue weighted by Crippen LogP contribution is 2.40. The number of carbonyl (C=O) groups is 1. The molecular formula is C12H11F3N2O3. The molecule has 1 heterocycles. The minimum atomic E-state index is -5.04. The molecule has 20 heavy (non-hydrogen) atoms. The summed E-state index contributed by atoms with van der Waals surface area (Å²) in [7, 11) is 0. The average molecular weight is 288 g/mol. The second kappa shape index (κ2) is 4.48. The van der Waals surface area contributed by atoms with Crippen molar-refractivity contribution >= 4 is 11.6 Å². The molecule has 0 aromatic heterocycles. The molecule has 0 bridgehead atoms. The summed E-state index contributed by atoms with van der Waals surface area (Å²) in [6.07, 6.45) is -5.85. The van der Waals surface area contributed by atoms with Gasteiger partial charge in [0, 0.05) is 17.7 Å². The number of rotatable bonds is 1. The number of hydrogen-bond donors (Lipinski definition) is 2. The number of hydrazone groups is 1. The molecule has 2 N–H and O–H groups in total. The van der Waals surface area contributed by atoms with E-state index in [1.807, 2.05) is 0 Å². The highest BCUT2D eigenvalue weighted by molar-refractivity contribution is 5.98. The topological polar surface area (TPSA) is 73.1 Å². The standard InChI is InChI=1S/C12H11F3N2O3/c1-7-6-11(20,12(13,14)15)17(16-7)10(19)8-3-2-4-9(18)5-8/h2-5,18,20H,6H2,1H3. The molecule has 0 spiro atoms. The van der Waals surface area contributed by atoms with Crippen LogP contribution in [0.4, 0.5) is 13.2 Å². The normalized spacial score (nSPS) is 22.9. The highest BCUT2D eigenvalue weighted by Gasteiger charge is 2.62. The molecule has 1 amide bonds. The first kappa shape index (κ1) is 14.3. The zero-order valence-electron chi connectivity index (χ0n) is 10.3. The number of benzene rings is 1. The van der Waals surface area contributed by atoms with E-state index in [1.54, 1.807) is 0 Å². The van der Waals surface area contributed by atoms with E-state index in [4.69, 9.17) is 0 Å². The lowest BCUT2D eigenvalue weighted by Crippen LogP contribution is -2.56. The van der Waals surface area contributed by atoms with Crippen molar-refractivity contribution < 1.29 is 28.2 Å². The second-order valence-electron chi connectivity index (χ2n) is 4.49. The fourth-order valence-corrected chi connectivity index (χ4v) is 1.92. The van der Waals surface area contributed by atoms with Crippen LogP contribution >= 0.6 is 0 Å². The Morgan fingerprint density at radius 2 is 2.10 bits per heavy atom. The number of aromatic hydroxyl groups is 1. The predicted octanol–water partition coefficient (Wildman–Crippen LogP) is 1.86. The number of carbonyl (C=O) groups excluding carboxylic acids is 1. The Morgan fingerprint density at radius 1 is 1.45 bits per heavy atom. The summed E-state index contributed by atoms with van der Waals surface area (Å²) in [6.45, 7) is 1.28. The lowest BCUT2D eigenvalue weighted by molar-refractivity contribution is -0.297. The van der Waals surface area contributed by atoms with E-state index >= 15 is 0 Å². The van der Waals surface area contributed by atoms with Gasteiger partial charge in [0.15, 0.2) is 0 Å². The molecule has 1 atom stereocenters. The molecule has 0 fully saturated rings. The molecule has 0 radical (unpaired) electrons. The number of phenolic OH excluding ortho intramolecular Hbond substituents is 1. The van der Waals surface area contributed by atoms with Crippen LogP contribution in [0.15, 0.2) is 29.4 Å². The van der Waals surface area contributed by atoms with Crippen molar-refractivity contribution in [3.8, 4) is 5.75 Å². The third-order valence-corrected chi connectivity index (χ3v) is 2.86. The van der Waals surface area contributed by atoms with Crippen LogP contribution in [0.1, 0.15) is 23.7 Å². The quantitative estimate of drug-likeness (QED) is 0.828. The monoisotopic (exact) mass is 288 g/mol. The van der Waals surface area contributed by atoms with Gasteiger partial charge < -0.3 is 10.2 Å². The molecule has 1 unspecified atom stereocenters. The average Bonchev–Trinajstić information content (AvgIpc) is 2.64. The van der Waals surface area contributed by atoms with Crippen LogP contribution in [0.3, 0.4) is 0 Å². The van der Waals surface area contributed by atoms with E-state index in [9.17, 15) is 28.2 Å². The van der Waals surface area contributed by atoms with Crippen LogP contribution in [0.25, 0.3) is 0 Å². The van der Waals surface area contributed by atoms with Gasteiger partial charge in [-0.2, -0.15) is 23.3 Å².